The van der Waals surface area contributed by atoms with Crippen LogP contribution in [0.1, 0.15) is 38.7 Å². The summed E-state index contributed by atoms with van der Waals surface area (Å²) in [7, 11) is 0. The Morgan fingerprint density at radius 2 is 1.32 bits per heavy atom. The van der Waals surface area contributed by atoms with Gasteiger partial charge in [0.2, 0.25) is 23.6 Å². The number of hydrogen-bond donors (Lipinski definition) is 1. The van der Waals surface area contributed by atoms with E-state index in [1.165, 1.54) is 55.5 Å². The van der Waals surface area contributed by atoms with Crippen LogP contribution in [0.2, 0.25) is 0 Å². The van der Waals surface area contributed by atoms with Crippen molar-refractivity contribution in [2.45, 2.75) is 33.1 Å². The van der Waals surface area contributed by atoms with Gasteiger partial charge in [0.05, 0.1) is 29.1 Å². The molecule has 4 amide bonds. The Bertz CT molecular complexity index is 1500. The number of aromatic hydroxyl groups is 1. The summed E-state index contributed by atoms with van der Waals surface area (Å²) in [6, 6.07) is 21.3. The van der Waals surface area contributed by atoms with Crippen LogP contribution in [0.15, 0.2) is 78.9 Å². The van der Waals surface area contributed by atoms with Crippen molar-refractivity contribution in [1.29, 1.82) is 0 Å². The fourth-order valence-corrected chi connectivity index (χ4v) is 5.93. The van der Waals surface area contributed by atoms with E-state index in [-0.39, 0.29) is 28.8 Å². The van der Waals surface area contributed by atoms with Gasteiger partial charge in [0.25, 0.3) is 0 Å². The van der Waals surface area contributed by atoms with Crippen molar-refractivity contribution < 1.29 is 33.8 Å². The number of esters is 1. The molecule has 2 aliphatic heterocycles. The Morgan fingerprint density at radius 1 is 0.780 bits per heavy atom. The van der Waals surface area contributed by atoms with Gasteiger partial charge in [-0.15, -0.1) is 0 Å². The molecule has 2 fully saturated rings. The Balaban J connectivity index is 1.52. The molecule has 0 aliphatic carbocycles. The molecular weight excluding hydrogens is 524 g/mol. The average Bonchev–Trinajstić information content (AvgIpc) is 3.31. The van der Waals surface area contributed by atoms with Gasteiger partial charge in [-0.05, 0) is 66.4 Å². The number of phenolic OH excluding ortho intramolecular Hbond substituents is 1. The molecule has 0 saturated carbocycles. The van der Waals surface area contributed by atoms with Crippen molar-refractivity contribution in [1.82, 2.24) is 0 Å². The van der Waals surface area contributed by atoms with Gasteiger partial charge < -0.3 is 9.84 Å². The highest BCUT2D eigenvalue weighted by Crippen LogP contribution is 2.46. The van der Waals surface area contributed by atoms with E-state index in [0.717, 1.165) is 15.4 Å². The molecule has 5 unspecified atom stereocenters. The molecule has 2 aliphatic rings. The first-order valence-electron chi connectivity index (χ1n) is 13.5. The second-order valence-electron chi connectivity index (χ2n) is 10.6. The Kier molecular flexibility index (Phi) is 7.45. The molecule has 1 N–H and O–H groups in total. The van der Waals surface area contributed by atoms with Crippen molar-refractivity contribution in [2.75, 3.05) is 9.80 Å². The van der Waals surface area contributed by atoms with Crippen molar-refractivity contribution in [2.24, 2.45) is 23.7 Å². The summed E-state index contributed by atoms with van der Waals surface area (Å²) in [4.78, 5) is 68.7. The molecule has 210 valence electrons. The number of hydrogen-bond acceptors (Lipinski definition) is 7. The Labute approximate surface area is 237 Å². The monoisotopic (exact) mass is 554 g/mol. The third kappa shape index (κ3) is 5.11. The van der Waals surface area contributed by atoms with Gasteiger partial charge in [0.1, 0.15) is 11.5 Å². The summed E-state index contributed by atoms with van der Waals surface area (Å²) in [5.74, 6) is -6.19. The molecule has 5 rings (SSSR count). The third-order valence-corrected chi connectivity index (χ3v) is 7.96. The third-order valence-electron chi connectivity index (χ3n) is 7.96. The number of carbonyl (C=O) groups is 5. The molecule has 0 bridgehead atoms. The average molecular weight is 555 g/mol. The van der Waals surface area contributed by atoms with Gasteiger partial charge in [-0.3, -0.25) is 33.8 Å². The zero-order chi connectivity index (χ0) is 29.4. The fraction of sp³-hybridized carbons (Fsp3) is 0.281. The number of carbonyl (C=O) groups excluding carboxylic acids is 5. The van der Waals surface area contributed by atoms with Crippen LogP contribution >= 0.6 is 0 Å². The lowest BCUT2D eigenvalue weighted by atomic mass is 9.74. The smallest absolute Gasteiger partial charge is 0.308 e. The maximum absolute atomic E-state index is 14.1. The summed E-state index contributed by atoms with van der Waals surface area (Å²) in [6.07, 6.45) is 0.297. The first-order valence-corrected chi connectivity index (χ1v) is 13.5. The van der Waals surface area contributed by atoms with Gasteiger partial charge in [-0.2, -0.15) is 0 Å². The largest absolute Gasteiger partial charge is 0.508 e. The van der Waals surface area contributed by atoms with Crippen LogP contribution in [-0.4, -0.2) is 34.7 Å². The number of nitrogens with zero attached hydrogens (tertiary/aromatic N) is 2. The molecule has 41 heavy (non-hydrogen) atoms. The van der Waals surface area contributed by atoms with E-state index in [9.17, 15) is 29.1 Å². The number of amides is 4. The Hall–Kier alpha value is -4.79. The molecule has 3 aromatic rings. The molecule has 3 aromatic carbocycles. The van der Waals surface area contributed by atoms with E-state index in [2.05, 4.69) is 0 Å². The predicted molar refractivity (Wildman–Crippen MR) is 150 cm³/mol. The van der Waals surface area contributed by atoms with Gasteiger partial charge in [0.15, 0.2) is 0 Å². The minimum absolute atomic E-state index is 0.0145. The lowest BCUT2D eigenvalue weighted by molar-refractivity contribution is -0.132. The minimum Gasteiger partial charge on any atom is -0.508 e. The second kappa shape index (κ2) is 11.0. The van der Waals surface area contributed by atoms with Gasteiger partial charge in [0, 0.05) is 12.8 Å². The van der Waals surface area contributed by atoms with E-state index in [4.69, 9.17) is 4.74 Å². The summed E-state index contributed by atoms with van der Waals surface area (Å²) in [5.41, 5.74) is 1.56. The van der Waals surface area contributed by atoms with E-state index in [1.807, 2.05) is 37.3 Å². The summed E-state index contributed by atoms with van der Waals surface area (Å²) in [6.45, 7) is 4.85. The van der Waals surface area contributed by atoms with Crippen molar-refractivity contribution in [3.63, 3.8) is 0 Å². The number of phenols is 1. The van der Waals surface area contributed by atoms with Crippen LogP contribution < -0.4 is 14.5 Å². The SMILES string of the molecule is CC(=O)Oc1ccc(N2C(=O)C(CC(C)c3ccccc3)C(C3C(=O)N(c4ccc(O)cc4)C(=O)C3C)C2=O)cc1. The van der Waals surface area contributed by atoms with Gasteiger partial charge >= 0.3 is 5.97 Å². The quantitative estimate of drug-likeness (QED) is 0.260. The van der Waals surface area contributed by atoms with Gasteiger partial charge in [-0.1, -0.05) is 44.2 Å². The van der Waals surface area contributed by atoms with Crippen LogP contribution in [0, 0.1) is 23.7 Å². The summed E-state index contributed by atoms with van der Waals surface area (Å²) in [5, 5.41) is 9.68. The molecule has 0 spiro atoms. The number of anilines is 2. The molecule has 5 atom stereocenters. The maximum Gasteiger partial charge on any atom is 0.308 e. The highest BCUT2D eigenvalue weighted by molar-refractivity contribution is 6.27. The van der Waals surface area contributed by atoms with E-state index >= 15 is 0 Å². The molecule has 2 saturated heterocycles. The van der Waals surface area contributed by atoms with E-state index in [1.54, 1.807) is 6.92 Å². The predicted octanol–water partition coefficient (Wildman–Crippen LogP) is 4.44. The summed E-state index contributed by atoms with van der Waals surface area (Å²) >= 11 is 0. The van der Waals surface area contributed by atoms with Crippen LogP contribution in [0.3, 0.4) is 0 Å². The lowest BCUT2D eigenvalue weighted by Crippen LogP contribution is -2.37. The lowest BCUT2D eigenvalue weighted by Gasteiger charge is -2.24. The molecule has 9 heteroatoms. The molecule has 9 nitrogen and oxygen atoms in total. The molecule has 2 heterocycles. The standard InChI is InChI=1S/C32H30N2O7/c1-18(21-7-5-4-6-8-21)17-26-28(27-19(2)29(37)33(31(27)39)22-9-13-24(36)14-10-22)32(40)34(30(26)38)23-11-15-25(16-12-23)41-20(3)35/h4-16,18-19,26-28,36H,17H2,1-3H3. The van der Waals surface area contributed by atoms with Crippen molar-refractivity contribution in [3.05, 3.63) is 84.4 Å². The van der Waals surface area contributed by atoms with Crippen LogP contribution in [-0.2, 0) is 24.0 Å². The maximum atomic E-state index is 14.1. The highest BCUT2D eigenvalue weighted by Gasteiger charge is 2.59. The van der Waals surface area contributed by atoms with Crippen LogP contribution in [0.25, 0.3) is 0 Å². The van der Waals surface area contributed by atoms with E-state index < -0.39 is 53.3 Å². The van der Waals surface area contributed by atoms with Crippen LogP contribution in [0.5, 0.6) is 11.5 Å². The number of imide groups is 2. The zero-order valence-corrected chi connectivity index (χ0v) is 22.9. The number of ether oxygens (including phenoxy) is 1. The molecule has 0 aromatic heterocycles. The van der Waals surface area contributed by atoms with Gasteiger partial charge in [-0.25, -0.2) is 0 Å². The normalized spacial score (nSPS) is 23.3. The first-order chi connectivity index (χ1) is 19.6. The first kappa shape index (κ1) is 27.8. The minimum atomic E-state index is -1.06. The van der Waals surface area contributed by atoms with E-state index in [0.29, 0.717) is 6.42 Å². The fourth-order valence-electron chi connectivity index (χ4n) is 5.93. The summed E-state index contributed by atoms with van der Waals surface area (Å²) < 4.78 is 5.08. The Morgan fingerprint density at radius 3 is 1.90 bits per heavy atom. The van der Waals surface area contributed by atoms with Crippen molar-refractivity contribution >= 4 is 41.0 Å². The highest BCUT2D eigenvalue weighted by atomic mass is 16.5. The molecule has 0 radical (unpaired) electrons. The topological polar surface area (TPSA) is 121 Å². The molecular formula is C32H30N2O7. The number of rotatable bonds is 7. The van der Waals surface area contributed by atoms with Crippen LogP contribution in [0.4, 0.5) is 11.4 Å². The van der Waals surface area contributed by atoms with Crippen molar-refractivity contribution in [3.8, 4) is 11.5 Å². The number of benzene rings is 3. The second-order valence-corrected chi connectivity index (χ2v) is 10.6. The zero-order valence-electron chi connectivity index (χ0n) is 22.9.